The molecule has 3 heterocycles. The van der Waals surface area contributed by atoms with Gasteiger partial charge in [-0.15, -0.1) is 0 Å². The average Bonchev–Trinajstić information content (AvgIpc) is 3.29. The molecular formula is C23H31N4O9P. The molecule has 14 heteroatoms. The van der Waals surface area contributed by atoms with Gasteiger partial charge in [0.2, 0.25) is 0 Å². The predicted molar refractivity (Wildman–Crippen MR) is 131 cm³/mol. The van der Waals surface area contributed by atoms with E-state index >= 15 is 0 Å². The summed E-state index contributed by atoms with van der Waals surface area (Å²) >= 11 is 0. The molecule has 0 spiro atoms. The minimum atomic E-state index is -4.24. The lowest BCUT2D eigenvalue weighted by atomic mass is 10.1. The summed E-state index contributed by atoms with van der Waals surface area (Å²) in [6.07, 6.45) is -1.74. The molecule has 0 aliphatic carbocycles. The molecule has 2 aliphatic rings. The van der Waals surface area contributed by atoms with Crippen molar-refractivity contribution in [3.05, 3.63) is 53.1 Å². The molecule has 6 atom stereocenters. The zero-order chi connectivity index (χ0) is 27.0. The fourth-order valence-corrected chi connectivity index (χ4v) is 5.85. The third-order valence-electron chi connectivity index (χ3n) is 5.86. The number of anilines is 1. The summed E-state index contributed by atoms with van der Waals surface area (Å²) in [5.74, 6) is -2.35. The molecule has 1 aromatic heterocycles. The Morgan fingerprint density at radius 3 is 2.54 bits per heavy atom. The van der Waals surface area contributed by atoms with E-state index in [0.29, 0.717) is 0 Å². The number of rotatable bonds is 10. The van der Waals surface area contributed by atoms with Crippen molar-refractivity contribution < 1.29 is 37.7 Å². The molecule has 4 N–H and O–H groups in total. The second-order valence-corrected chi connectivity index (χ2v) is 11.3. The smallest absolute Gasteiger partial charge is 0.459 e. The summed E-state index contributed by atoms with van der Waals surface area (Å²) in [5.41, 5.74) is 4.97. The Labute approximate surface area is 213 Å². The van der Waals surface area contributed by atoms with Crippen molar-refractivity contribution in [3.8, 4) is 5.75 Å². The number of carboxylic acid groups (broad SMARTS) is 1. The largest absolute Gasteiger partial charge is 0.480 e. The SMILES string of the molecule is CC(C)C(NP(=O)(OC[C@H]1O[C@@H](n2ccc(N)nc2=O)[C@@H]2OC(C)(C)O[C@@H]21)Oc1ccccc1)C(=O)O. The summed E-state index contributed by atoms with van der Waals surface area (Å²) in [4.78, 5) is 28.0. The fourth-order valence-electron chi connectivity index (χ4n) is 4.18. The van der Waals surface area contributed by atoms with Gasteiger partial charge in [-0.2, -0.15) is 10.1 Å². The number of nitrogens with two attached hydrogens (primary N) is 1. The van der Waals surface area contributed by atoms with Crippen LogP contribution in [0.2, 0.25) is 0 Å². The van der Waals surface area contributed by atoms with Gasteiger partial charge in [0.25, 0.3) is 0 Å². The first-order chi connectivity index (χ1) is 17.4. The van der Waals surface area contributed by atoms with Crippen LogP contribution in [-0.4, -0.2) is 57.4 Å². The Balaban J connectivity index is 1.58. The third kappa shape index (κ3) is 6.20. The lowest BCUT2D eigenvalue weighted by Gasteiger charge is -2.27. The number of aromatic nitrogens is 2. The van der Waals surface area contributed by atoms with Crippen LogP contribution in [0.5, 0.6) is 5.75 Å². The third-order valence-corrected chi connectivity index (χ3v) is 7.39. The highest BCUT2D eigenvalue weighted by Crippen LogP contribution is 2.48. The second kappa shape index (κ2) is 10.5. The first-order valence-electron chi connectivity index (χ1n) is 11.7. The van der Waals surface area contributed by atoms with E-state index in [1.165, 1.54) is 16.8 Å². The van der Waals surface area contributed by atoms with Gasteiger partial charge in [0.15, 0.2) is 12.0 Å². The van der Waals surface area contributed by atoms with Crippen molar-refractivity contribution in [1.82, 2.24) is 14.6 Å². The lowest BCUT2D eigenvalue weighted by Crippen LogP contribution is -2.41. The first kappa shape index (κ1) is 27.2. The van der Waals surface area contributed by atoms with E-state index < -0.39 is 61.7 Å². The summed E-state index contributed by atoms with van der Waals surface area (Å²) in [7, 11) is -4.24. The maximum Gasteiger partial charge on any atom is 0.459 e. The zero-order valence-electron chi connectivity index (χ0n) is 20.8. The van der Waals surface area contributed by atoms with E-state index in [0.717, 1.165) is 0 Å². The highest BCUT2D eigenvalue weighted by Gasteiger charge is 2.56. The fraction of sp³-hybridized carbons (Fsp3) is 0.522. The molecular weight excluding hydrogens is 507 g/mol. The van der Waals surface area contributed by atoms with Gasteiger partial charge in [0.1, 0.15) is 35.9 Å². The van der Waals surface area contributed by atoms with Crippen LogP contribution in [-0.2, 0) is 28.1 Å². The predicted octanol–water partition coefficient (Wildman–Crippen LogP) is 2.15. The molecule has 37 heavy (non-hydrogen) atoms. The van der Waals surface area contributed by atoms with Crippen LogP contribution in [0.1, 0.15) is 33.9 Å². The highest BCUT2D eigenvalue weighted by molar-refractivity contribution is 7.52. The molecule has 13 nitrogen and oxygen atoms in total. The number of hydrogen-bond donors (Lipinski definition) is 3. The van der Waals surface area contributed by atoms with Crippen LogP contribution in [0, 0.1) is 5.92 Å². The van der Waals surface area contributed by atoms with Crippen LogP contribution in [0.3, 0.4) is 0 Å². The molecule has 202 valence electrons. The van der Waals surface area contributed by atoms with Crippen LogP contribution in [0.25, 0.3) is 0 Å². The molecule has 0 saturated carbocycles. The van der Waals surface area contributed by atoms with Crippen LogP contribution < -0.4 is 21.0 Å². The molecule has 1 aromatic carbocycles. The monoisotopic (exact) mass is 538 g/mol. The molecule has 0 bridgehead atoms. The van der Waals surface area contributed by atoms with Gasteiger partial charge in [-0.05, 0) is 38.0 Å². The van der Waals surface area contributed by atoms with Crippen LogP contribution in [0.15, 0.2) is 47.4 Å². The van der Waals surface area contributed by atoms with E-state index in [9.17, 15) is 19.3 Å². The summed E-state index contributed by atoms with van der Waals surface area (Å²) in [6, 6.07) is 8.47. The number of nitrogens with one attached hydrogen (secondary N) is 1. The van der Waals surface area contributed by atoms with Crippen molar-refractivity contribution in [2.45, 2.75) is 64.1 Å². The maximum atomic E-state index is 13.8. The van der Waals surface area contributed by atoms with Gasteiger partial charge in [-0.3, -0.25) is 13.9 Å². The van der Waals surface area contributed by atoms with Gasteiger partial charge in [-0.1, -0.05) is 32.0 Å². The molecule has 2 aromatic rings. The number of benzene rings is 1. The Hall–Kier alpha value is -2.80. The topological polar surface area (TPSA) is 173 Å². The number of nitrogen functional groups attached to an aromatic ring is 1. The van der Waals surface area contributed by atoms with Gasteiger partial charge in [0.05, 0.1) is 6.61 Å². The van der Waals surface area contributed by atoms with E-state index in [-0.39, 0.29) is 18.2 Å². The second-order valence-electron chi connectivity index (χ2n) is 9.56. The van der Waals surface area contributed by atoms with Crippen molar-refractivity contribution in [2.75, 3.05) is 12.3 Å². The van der Waals surface area contributed by atoms with Crippen molar-refractivity contribution >= 4 is 19.5 Å². The number of hydrogen-bond acceptors (Lipinski definition) is 10. The molecule has 2 fully saturated rings. The molecule has 2 aliphatic heterocycles. The summed E-state index contributed by atoms with van der Waals surface area (Å²) < 4.78 is 44.5. The van der Waals surface area contributed by atoms with Crippen molar-refractivity contribution in [1.29, 1.82) is 0 Å². The average molecular weight is 538 g/mol. The number of aliphatic carboxylic acids is 1. The Morgan fingerprint density at radius 1 is 1.24 bits per heavy atom. The van der Waals surface area contributed by atoms with Gasteiger partial charge < -0.3 is 29.6 Å². The van der Waals surface area contributed by atoms with Crippen LogP contribution in [0.4, 0.5) is 5.82 Å². The first-order valence-corrected chi connectivity index (χ1v) is 13.3. The summed E-state index contributed by atoms with van der Waals surface area (Å²) in [6.45, 7) is 6.44. The number of carbonyl (C=O) groups is 1. The van der Waals surface area contributed by atoms with Crippen molar-refractivity contribution in [3.63, 3.8) is 0 Å². The van der Waals surface area contributed by atoms with E-state index in [4.69, 9.17) is 29.0 Å². The quantitative estimate of drug-likeness (QED) is 0.377. The van der Waals surface area contributed by atoms with Gasteiger partial charge in [-0.25, -0.2) is 9.36 Å². The number of ether oxygens (including phenoxy) is 3. The van der Waals surface area contributed by atoms with Crippen molar-refractivity contribution in [2.24, 2.45) is 5.92 Å². The number of para-hydroxylation sites is 1. The minimum Gasteiger partial charge on any atom is -0.480 e. The van der Waals surface area contributed by atoms with Gasteiger partial charge >= 0.3 is 19.4 Å². The number of nitrogens with zero attached hydrogens (tertiary/aromatic N) is 2. The normalized spacial score (nSPS) is 26.9. The van der Waals surface area contributed by atoms with Crippen LogP contribution >= 0.6 is 7.75 Å². The molecule has 2 unspecified atom stereocenters. The maximum absolute atomic E-state index is 13.8. The highest BCUT2D eigenvalue weighted by atomic mass is 31.2. The molecule has 0 radical (unpaired) electrons. The summed E-state index contributed by atoms with van der Waals surface area (Å²) in [5, 5.41) is 12.2. The Morgan fingerprint density at radius 2 is 1.92 bits per heavy atom. The Bertz CT molecular complexity index is 1220. The van der Waals surface area contributed by atoms with E-state index in [2.05, 4.69) is 10.1 Å². The molecule has 2 saturated heterocycles. The molecule has 0 amide bonds. The van der Waals surface area contributed by atoms with E-state index in [1.54, 1.807) is 58.0 Å². The van der Waals surface area contributed by atoms with E-state index in [1.807, 2.05) is 0 Å². The Kier molecular flexibility index (Phi) is 7.75. The molecule has 4 rings (SSSR count). The number of fused-ring (bicyclic) bond motifs is 1. The lowest BCUT2D eigenvalue weighted by molar-refractivity contribution is -0.200. The number of carboxylic acids is 1. The standard InChI is InChI=1S/C23H31N4O9P/c1-13(2)17(21(28)29)26-37(31,36-14-8-6-5-7-9-14)32-12-15-18-19(35-23(3,4)34-18)20(33-15)27-11-10-16(24)25-22(27)30/h5-11,13,15,17-20H,12H2,1-4H3,(H,26,31)(H,28,29)(H2,24,25,30)/t15-,17?,18-,19-,20-,37?/m1/s1. The van der Waals surface area contributed by atoms with Gasteiger partial charge in [0, 0.05) is 6.20 Å². The minimum absolute atomic E-state index is 0.0582. The zero-order valence-corrected chi connectivity index (χ0v) is 21.7.